The number of ether oxygens (including phenoxy) is 3. The summed E-state index contributed by atoms with van der Waals surface area (Å²) in [5, 5.41) is 21.0. The van der Waals surface area contributed by atoms with Crippen molar-refractivity contribution in [2.75, 3.05) is 25.6 Å². The zero-order valence-corrected chi connectivity index (χ0v) is 47.8. The van der Waals surface area contributed by atoms with Gasteiger partial charge in [0.05, 0.1) is 13.2 Å². The highest BCUT2D eigenvalue weighted by molar-refractivity contribution is 7.61. The van der Waals surface area contributed by atoms with Crippen LogP contribution in [0.25, 0.3) is 0 Å². The molecule has 1 aliphatic heterocycles. The van der Waals surface area contributed by atoms with E-state index in [1.54, 1.807) is 0 Å². The van der Waals surface area contributed by atoms with Gasteiger partial charge in [-0.2, -0.15) is 9.29 Å². The van der Waals surface area contributed by atoms with Gasteiger partial charge in [0.15, 0.2) is 12.3 Å². The lowest BCUT2D eigenvalue weighted by Crippen LogP contribution is -2.36. The number of hydrogen-bond acceptors (Lipinski definition) is 15. The third-order valence-corrected chi connectivity index (χ3v) is 16.2. The summed E-state index contributed by atoms with van der Waals surface area (Å²) in [5.74, 6) is -0.429. The molecule has 0 amide bonds. The molecule has 1 aromatic rings. The number of nitrogens with two attached hydrogens (primary N) is 1. The van der Waals surface area contributed by atoms with E-state index < -0.39 is 83.7 Å². The maximum Gasteiger partial charge on any atom is 0.481 e. The van der Waals surface area contributed by atoms with E-state index in [0.29, 0.717) is 12.8 Å². The molecule has 1 fully saturated rings. The Labute approximate surface area is 449 Å². The maximum absolute atomic E-state index is 12.9. The van der Waals surface area contributed by atoms with Crippen LogP contribution < -0.4 is 11.4 Å². The Hall–Kier alpha value is -2.76. The van der Waals surface area contributed by atoms with Crippen LogP contribution in [0.5, 0.6) is 0 Å². The van der Waals surface area contributed by atoms with Crippen LogP contribution in [0.15, 0.2) is 41.4 Å². The number of carbonyl (C=O) groups is 2. The molecule has 4 unspecified atom stereocenters. The van der Waals surface area contributed by atoms with Gasteiger partial charge in [-0.3, -0.25) is 23.2 Å². The van der Waals surface area contributed by atoms with Crippen LogP contribution in [-0.4, -0.2) is 85.7 Å². The summed E-state index contributed by atoms with van der Waals surface area (Å²) < 4.78 is 57.0. The molecule has 1 saturated heterocycles. The van der Waals surface area contributed by atoms with Gasteiger partial charge in [0.1, 0.15) is 30.7 Å². The number of nitrogens with zero attached hydrogens (tertiary/aromatic N) is 2. The molecule has 0 bridgehead atoms. The fraction of sp³-hybridized carbons (Fsp3) is 0.818. The first-order valence-electron chi connectivity index (χ1n) is 28.8. The van der Waals surface area contributed by atoms with Crippen LogP contribution in [0.2, 0.25) is 0 Å². The number of aliphatic hydroxyl groups is 2. The highest BCUT2D eigenvalue weighted by Crippen LogP contribution is 2.60. The van der Waals surface area contributed by atoms with Gasteiger partial charge in [0.2, 0.25) is 0 Å². The highest BCUT2D eigenvalue weighted by atomic mass is 31.3. The van der Waals surface area contributed by atoms with Crippen molar-refractivity contribution in [1.29, 1.82) is 0 Å². The van der Waals surface area contributed by atoms with E-state index in [1.165, 1.54) is 134 Å². The number of aliphatic hydroxyl groups excluding tert-OH is 2. The topological polar surface area (TPSA) is 265 Å². The van der Waals surface area contributed by atoms with Crippen molar-refractivity contribution in [2.24, 2.45) is 5.92 Å². The summed E-state index contributed by atoms with van der Waals surface area (Å²) in [4.78, 5) is 62.1. The Morgan fingerprint density at radius 2 is 1.17 bits per heavy atom. The number of nitrogen functional groups attached to an aromatic ring is 1. The first kappa shape index (κ1) is 68.3. The number of esters is 2. The van der Waals surface area contributed by atoms with Gasteiger partial charge in [0, 0.05) is 19.0 Å². The molecule has 1 aliphatic rings. The van der Waals surface area contributed by atoms with Gasteiger partial charge in [-0.25, -0.2) is 13.9 Å². The summed E-state index contributed by atoms with van der Waals surface area (Å²) in [7, 11) is -10.8. The molecule has 20 heteroatoms. The fourth-order valence-corrected chi connectivity index (χ4v) is 10.9. The van der Waals surface area contributed by atoms with Crippen molar-refractivity contribution in [3.63, 3.8) is 0 Å². The molecule has 6 N–H and O–H groups in total. The third-order valence-electron chi connectivity index (χ3n) is 13.6. The molecular formula is C55H99N3O15P2. The first-order chi connectivity index (χ1) is 36.1. The van der Waals surface area contributed by atoms with E-state index in [2.05, 4.69) is 54.4 Å². The lowest BCUT2D eigenvalue weighted by Gasteiger charge is -2.21. The Balaban J connectivity index is 1.74. The summed E-state index contributed by atoms with van der Waals surface area (Å²) in [6, 6.07) is 1.25. The molecule has 18 nitrogen and oxygen atoms in total. The summed E-state index contributed by atoms with van der Waals surface area (Å²) in [6.45, 7) is 4.54. The van der Waals surface area contributed by atoms with E-state index in [9.17, 15) is 43.5 Å². The first-order valence-corrected chi connectivity index (χ1v) is 31.8. The largest absolute Gasteiger partial charge is 0.481 e. The number of unbranched alkanes of at least 4 members (excludes halogenated alkanes) is 26. The quantitative estimate of drug-likeness (QED) is 0.0176. The fourth-order valence-electron chi connectivity index (χ4n) is 8.75. The minimum atomic E-state index is -5.43. The molecule has 0 aliphatic carbocycles. The lowest BCUT2D eigenvalue weighted by molar-refractivity contribution is -0.161. The Morgan fingerprint density at radius 3 is 1.69 bits per heavy atom. The van der Waals surface area contributed by atoms with Gasteiger partial charge in [-0.1, -0.05) is 206 Å². The Kier molecular flexibility index (Phi) is 38.5. The van der Waals surface area contributed by atoms with Gasteiger partial charge in [-0.15, -0.1) is 0 Å². The number of carbonyl (C=O) groups excluding carboxylic acids is 2. The molecule has 0 radical (unpaired) electrons. The van der Waals surface area contributed by atoms with E-state index in [-0.39, 0.29) is 18.7 Å². The van der Waals surface area contributed by atoms with Crippen LogP contribution >= 0.6 is 15.6 Å². The molecule has 0 spiro atoms. The predicted molar refractivity (Wildman–Crippen MR) is 293 cm³/mol. The van der Waals surface area contributed by atoms with Crippen molar-refractivity contribution in [1.82, 2.24) is 9.55 Å². The van der Waals surface area contributed by atoms with Gasteiger partial charge in [0.25, 0.3) is 0 Å². The number of rotatable bonds is 48. The summed E-state index contributed by atoms with van der Waals surface area (Å²) in [6.07, 6.45) is 38.1. The van der Waals surface area contributed by atoms with Crippen LogP contribution in [0.4, 0.5) is 5.82 Å². The average molecular weight is 1100 g/mol. The molecule has 0 saturated carbocycles. The zero-order chi connectivity index (χ0) is 55.0. The lowest BCUT2D eigenvalue weighted by atomic mass is 9.99. The standard InChI is InChI=1S/C55H99N3O15P2/c1-4-6-7-8-9-10-11-12-17-21-24-27-30-33-36-39-50(59)68-43-47(71-51(60)40-37-34-31-28-25-22-19-16-14-13-15-18-20-23-26-29-32-35-38-46(3)5-2)44-69-74(64,65)73-75(66,67)70-45-48-52(61)53(62)54(72-48)58-42-41-49(56)57-55(58)63/h10-12,17,41-42,46-48,52-54,61-62H,4-9,13-16,18-40,43-45H2,1-3H3,(H,64,65)(H,66,67)(H2,56,57,63)/b11-10-,17-12-/t46?,47-,48-,52+,53?,54-/m1/s1. The molecule has 1 aromatic heterocycles. The second-order valence-electron chi connectivity index (χ2n) is 20.4. The number of hydrogen-bond donors (Lipinski definition) is 5. The van der Waals surface area contributed by atoms with Crippen molar-refractivity contribution < 1.29 is 66.3 Å². The van der Waals surface area contributed by atoms with Gasteiger partial charge < -0.3 is 39.9 Å². The molecular weight excluding hydrogens is 1000 g/mol. The minimum absolute atomic E-state index is 0.0511. The second-order valence-corrected chi connectivity index (χ2v) is 23.5. The highest BCUT2D eigenvalue weighted by Gasteiger charge is 2.46. The molecule has 2 heterocycles. The van der Waals surface area contributed by atoms with Crippen LogP contribution in [0, 0.1) is 5.92 Å². The Bertz CT molecular complexity index is 1870. The zero-order valence-electron chi connectivity index (χ0n) is 46.0. The molecule has 8 atom stereocenters. The molecule has 75 heavy (non-hydrogen) atoms. The summed E-state index contributed by atoms with van der Waals surface area (Å²) >= 11 is 0. The average Bonchev–Trinajstić information content (AvgIpc) is 3.65. The number of aromatic nitrogens is 2. The smallest absolute Gasteiger partial charge is 0.462 e. The van der Waals surface area contributed by atoms with E-state index in [4.69, 9.17) is 29.0 Å². The van der Waals surface area contributed by atoms with Crippen molar-refractivity contribution in [3.8, 4) is 0 Å². The number of phosphoric ester groups is 2. The monoisotopic (exact) mass is 1100 g/mol. The van der Waals surface area contributed by atoms with Crippen molar-refractivity contribution in [3.05, 3.63) is 47.1 Å². The number of anilines is 1. The molecule has 434 valence electrons. The Morgan fingerprint density at radius 1 is 0.693 bits per heavy atom. The van der Waals surface area contributed by atoms with Crippen molar-refractivity contribution >= 4 is 33.4 Å². The van der Waals surface area contributed by atoms with Crippen molar-refractivity contribution in [2.45, 2.75) is 263 Å². The van der Waals surface area contributed by atoms with Gasteiger partial charge >= 0.3 is 33.3 Å². The van der Waals surface area contributed by atoms with Crippen LogP contribution in [0.3, 0.4) is 0 Å². The third kappa shape index (κ3) is 34.7. The SMILES string of the molecule is CCCCCC/C=C\C=C/CCCCCCCC(=O)OC[C@H](COP(=O)(O)OP(=O)(O)OC[C@H]1O[C@@H](n2ccc(N)nc2=O)C(O)[C@H]1O)OC(=O)CCCCCCCCCCCCCCCCCCCCC(C)CC. The van der Waals surface area contributed by atoms with E-state index >= 15 is 0 Å². The van der Waals surface area contributed by atoms with Gasteiger partial charge in [-0.05, 0) is 50.5 Å². The molecule has 2 rings (SSSR count). The maximum atomic E-state index is 12.9. The van der Waals surface area contributed by atoms with E-state index in [0.717, 1.165) is 74.7 Å². The summed E-state index contributed by atoms with van der Waals surface area (Å²) in [5.41, 5.74) is 4.60. The number of allylic oxidation sites excluding steroid dienone is 4. The molecule has 0 aromatic carbocycles. The number of phosphoric acid groups is 2. The van der Waals surface area contributed by atoms with Crippen LogP contribution in [0.1, 0.15) is 239 Å². The normalized spacial score (nSPS) is 19.3. The van der Waals surface area contributed by atoms with Crippen LogP contribution in [-0.2, 0) is 46.3 Å². The minimum Gasteiger partial charge on any atom is -0.462 e. The van der Waals surface area contributed by atoms with E-state index in [1.807, 2.05) is 0 Å². The second kappa shape index (κ2) is 42.2. The predicted octanol–water partition coefficient (Wildman–Crippen LogP) is 12.8.